The van der Waals surface area contributed by atoms with Gasteiger partial charge in [-0.1, -0.05) is 12.1 Å². The molecule has 0 saturated carbocycles. The lowest BCUT2D eigenvalue weighted by Gasteiger charge is -2.43. The first-order valence-electron chi connectivity index (χ1n) is 9.69. The molecule has 1 aromatic carbocycles. The maximum absolute atomic E-state index is 13.1. The lowest BCUT2D eigenvalue weighted by atomic mass is 9.72. The topological polar surface area (TPSA) is 105 Å². The number of aliphatic hydroxyl groups excluding tert-OH is 1. The van der Waals surface area contributed by atoms with Gasteiger partial charge in [0.1, 0.15) is 16.9 Å². The number of aromatic nitrogens is 2. The highest BCUT2D eigenvalue weighted by Crippen LogP contribution is 2.36. The van der Waals surface area contributed by atoms with Gasteiger partial charge >= 0.3 is 5.97 Å². The summed E-state index contributed by atoms with van der Waals surface area (Å²) >= 11 is 0. The summed E-state index contributed by atoms with van der Waals surface area (Å²) in [6.45, 7) is 4.47. The summed E-state index contributed by atoms with van der Waals surface area (Å²) < 4.78 is 6.84. The Morgan fingerprint density at radius 1 is 1.34 bits per heavy atom. The van der Waals surface area contributed by atoms with Crippen LogP contribution in [0.2, 0.25) is 0 Å². The molecule has 2 aromatic rings. The molecule has 8 heteroatoms. The second-order valence-corrected chi connectivity index (χ2v) is 7.51. The number of benzene rings is 1. The molecule has 156 valence electrons. The third kappa shape index (κ3) is 3.98. The number of nitrogens with zero attached hydrogens (tertiary/aromatic N) is 3. The molecule has 1 saturated heterocycles. The molecule has 0 unspecified atom stereocenters. The smallest absolute Gasteiger partial charge is 0.314 e. The van der Waals surface area contributed by atoms with Gasteiger partial charge < -0.3 is 19.8 Å². The quantitative estimate of drug-likeness (QED) is 0.764. The monoisotopic (exact) mass is 401 g/mol. The largest absolute Gasteiger partial charge is 0.497 e. The fourth-order valence-corrected chi connectivity index (χ4v) is 3.98. The van der Waals surface area contributed by atoms with E-state index in [1.165, 1.54) is 4.90 Å². The summed E-state index contributed by atoms with van der Waals surface area (Å²) in [6.07, 6.45) is -0.772. The molecule has 2 N–H and O–H groups in total. The molecule has 1 fully saturated rings. The van der Waals surface area contributed by atoms with Crippen LogP contribution in [-0.2, 0) is 17.8 Å². The first-order chi connectivity index (χ1) is 13.8. The first-order valence-corrected chi connectivity index (χ1v) is 9.69. The van der Waals surface area contributed by atoms with Crippen molar-refractivity contribution in [2.24, 2.45) is 5.41 Å². The Morgan fingerprint density at radius 2 is 2.10 bits per heavy atom. The normalized spacial score (nSPS) is 21.8. The molecular weight excluding hydrogens is 374 g/mol. The number of piperidine rings is 1. The van der Waals surface area contributed by atoms with E-state index in [1.807, 2.05) is 13.8 Å². The number of carboxylic acids is 1. The van der Waals surface area contributed by atoms with Crippen molar-refractivity contribution < 1.29 is 24.5 Å². The second-order valence-electron chi connectivity index (χ2n) is 7.51. The number of carbonyl (C=O) groups is 2. The van der Waals surface area contributed by atoms with E-state index in [-0.39, 0.29) is 25.3 Å². The van der Waals surface area contributed by atoms with Gasteiger partial charge in [-0.3, -0.25) is 14.3 Å². The van der Waals surface area contributed by atoms with Gasteiger partial charge in [-0.2, -0.15) is 5.10 Å². The van der Waals surface area contributed by atoms with Crippen molar-refractivity contribution in [3.63, 3.8) is 0 Å². The van der Waals surface area contributed by atoms with E-state index in [4.69, 9.17) is 4.74 Å². The Kier molecular flexibility index (Phi) is 5.93. The number of likely N-dealkylation sites (tertiary alicyclic amines) is 1. The number of amides is 1. The Bertz CT molecular complexity index is 909. The maximum Gasteiger partial charge on any atom is 0.314 e. The third-order valence-electron chi connectivity index (χ3n) is 5.57. The van der Waals surface area contributed by atoms with Gasteiger partial charge in [-0.15, -0.1) is 0 Å². The molecule has 8 nitrogen and oxygen atoms in total. The van der Waals surface area contributed by atoms with Crippen LogP contribution in [0.4, 0.5) is 0 Å². The fraction of sp³-hybridized carbons (Fsp3) is 0.476. The van der Waals surface area contributed by atoms with Crippen molar-refractivity contribution in [2.45, 2.75) is 39.3 Å². The molecule has 1 aliphatic rings. The summed E-state index contributed by atoms with van der Waals surface area (Å²) in [4.78, 5) is 27.0. The molecule has 0 aliphatic carbocycles. The molecule has 0 bridgehead atoms. The molecule has 0 spiro atoms. The molecule has 2 atom stereocenters. The van der Waals surface area contributed by atoms with Gasteiger partial charge in [0.15, 0.2) is 0 Å². The van der Waals surface area contributed by atoms with E-state index < -0.39 is 17.5 Å². The predicted octanol–water partition coefficient (Wildman–Crippen LogP) is 1.74. The van der Waals surface area contributed by atoms with Gasteiger partial charge in [-0.25, -0.2) is 0 Å². The molecule has 2 heterocycles. The minimum atomic E-state index is -1.49. The zero-order valence-electron chi connectivity index (χ0n) is 17.0. The van der Waals surface area contributed by atoms with Crippen LogP contribution < -0.4 is 4.74 Å². The number of ether oxygens (including phenoxy) is 1. The van der Waals surface area contributed by atoms with E-state index in [0.29, 0.717) is 24.5 Å². The number of carbonyl (C=O) groups excluding carboxylic acids is 1. The van der Waals surface area contributed by atoms with E-state index in [0.717, 1.165) is 11.3 Å². The van der Waals surface area contributed by atoms with Gasteiger partial charge in [0.05, 0.1) is 18.9 Å². The number of rotatable bonds is 6. The van der Waals surface area contributed by atoms with Crippen LogP contribution in [-0.4, -0.2) is 63.1 Å². The van der Waals surface area contributed by atoms with Crippen molar-refractivity contribution >= 4 is 11.9 Å². The molecule has 1 aliphatic heterocycles. The van der Waals surface area contributed by atoms with Crippen LogP contribution >= 0.6 is 0 Å². The zero-order chi connectivity index (χ0) is 21.2. The number of hydrogen-bond donors (Lipinski definition) is 2. The lowest BCUT2D eigenvalue weighted by Crippen LogP contribution is -2.58. The third-order valence-corrected chi connectivity index (χ3v) is 5.57. The van der Waals surface area contributed by atoms with Crippen LogP contribution in [0.5, 0.6) is 5.75 Å². The number of aliphatic carboxylic acids is 1. The van der Waals surface area contributed by atoms with Crippen LogP contribution in [0.3, 0.4) is 0 Å². The Balaban J connectivity index is 1.92. The van der Waals surface area contributed by atoms with Crippen molar-refractivity contribution in [3.8, 4) is 5.75 Å². The average Bonchev–Trinajstić information content (AvgIpc) is 3.09. The minimum Gasteiger partial charge on any atom is -0.497 e. The highest BCUT2D eigenvalue weighted by molar-refractivity contribution is 5.93. The van der Waals surface area contributed by atoms with Crippen molar-refractivity contribution in [1.29, 1.82) is 0 Å². The van der Waals surface area contributed by atoms with Crippen molar-refractivity contribution in [1.82, 2.24) is 14.7 Å². The Hall–Kier alpha value is -2.87. The number of aryl methyl sites for hydroxylation is 2. The summed E-state index contributed by atoms with van der Waals surface area (Å²) in [5, 5.41) is 25.1. The molecule has 1 aromatic heterocycles. The fourth-order valence-electron chi connectivity index (χ4n) is 3.98. The van der Waals surface area contributed by atoms with Crippen LogP contribution in [0.1, 0.15) is 35.1 Å². The molecule has 1 amide bonds. The van der Waals surface area contributed by atoms with Crippen LogP contribution in [0.15, 0.2) is 30.3 Å². The lowest BCUT2D eigenvalue weighted by molar-refractivity contribution is -0.161. The zero-order valence-corrected chi connectivity index (χ0v) is 17.0. The molecule has 0 radical (unpaired) electrons. The Morgan fingerprint density at radius 3 is 2.76 bits per heavy atom. The average molecular weight is 401 g/mol. The minimum absolute atomic E-state index is 0.0759. The van der Waals surface area contributed by atoms with Crippen molar-refractivity contribution in [2.75, 3.05) is 20.2 Å². The highest BCUT2D eigenvalue weighted by Gasteiger charge is 2.50. The first kappa shape index (κ1) is 20.9. The van der Waals surface area contributed by atoms with Gasteiger partial charge in [-0.05, 0) is 50.5 Å². The standard InChI is InChI=1S/C21H27N3O5/c1-4-24-17(10-14(2)22-24)19(26)23-9-8-18(25)21(13-23,20(27)28)12-15-6-5-7-16(11-15)29-3/h5-7,10-11,18,25H,4,8-9,12-13H2,1-3H3,(H,27,28)/t18-,21+/m0/s1. The highest BCUT2D eigenvalue weighted by atomic mass is 16.5. The summed E-state index contributed by atoms with van der Waals surface area (Å²) in [6, 6.07) is 8.83. The van der Waals surface area contributed by atoms with E-state index in [9.17, 15) is 19.8 Å². The number of methoxy groups -OCH3 is 1. The maximum atomic E-state index is 13.1. The van der Waals surface area contributed by atoms with E-state index in [1.54, 1.807) is 42.1 Å². The Labute approximate surface area is 169 Å². The van der Waals surface area contributed by atoms with Crippen LogP contribution in [0.25, 0.3) is 0 Å². The SMILES string of the molecule is CCn1nc(C)cc1C(=O)N1CC[C@H](O)[C@](Cc2cccc(OC)c2)(C(=O)O)C1. The molecule has 3 rings (SSSR count). The predicted molar refractivity (Wildman–Crippen MR) is 106 cm³/mol. The van der Waals surface area contributed by atoms with E-state index >= 15 is 0 Å². The summed E-state index contributed by atoms with van der Waals surface area (Å²) in [5.74, 6) is -0.773. The van der Waals surface area contributed by atoms with Gasteiger partial charge in [0.2, 0.25) is 0 Å². The summed E-state index contributed by atoms with van der Waals surface area (Å²) in [5.41, 5.74) is 0.400. The summed E-state index contributed by atoms with van der Waals surface area (Å²) in [7, 11) is 1.54. The molecule has 29 heavy (non-hydrogen) atoms. The van der Waals surface area contributed by atoms with Crippen molar-refractivity contribution in [3.05, 3.63) is 47.3 Å². The second kappa shape index (κ2) is 8.24. The van der Waals surface area contributed by atoms with Gasteiger partial charge in [0, 0.05) is 19.6 Å². The van der Waals surface area contributed by atoms with Gasteiger partial charge in [0.25, 0.3) is 5.91 Å². The number of aliphatic hydroxyl groups is 1. The number of hydrogen-bond acceptors (Lipinski definition) is 5. The number of carboxylic acid groups (broad SMARTS) is 1. The van der Waals surface area contributed by atoms with Crippen LogP contribution in [0, 0.1) is 12.3 Å². The molecular formula is C21H27N3O5. The van der Waals surface area contributed by atoms with E-state index in [2.05, 4.69) is 5.10 Å².